The van der Waals surface area contributed by atoms with Crippen LogP contribution in [-0.2, 0) is 21.5 Å². The summed E-state index contributed by atoms with van der Waals surface area (Å²) in [7, 11) is -4.68. The molecule has 0 saturated carbocycles. The van der Waals surface area contributed by atoms with Crippen LogP contribution >= 0.6 is 15.9 Å². The highest BCUT2D eigenvalue weighted by atomic mass is 79.9. The molecule has 0 amide bonds. The Morgan fingerprint density at radius 2 is 1.88 bits per heavy atom. The molecule has 0 bridgehead atoms. The lowest BCUT2D eigenvalue weighted by molar-refractivity contribution is 0.0897. The van der Waals surface area contributed by atoms with Crippen LogP contribution in [0.15, 0.2) is 52.0 Å². The van der Waals surface area contributed by atoms with E-state index in [0.717, 1.165) is 33.7 Å². The quantitative estimate of drug-likeness (QED) is 0.229. The predicted octanol–water partition coefficient (Wildman–Crippen LogP) is 5.56. The Kier molecular flexibility index (Phi) is 8.97. The number of nitrogens with one attached hydrogen (secondary N) is 1. The molecule has 0 aliphatic heterocycles. The van der Waals surface area contributed by atoms with Crippen LogP contribution in [0.2, 0.25) is 25.7 Å². The van der Waals surface area contributed by atoms with Gasteiger partial charge in [-0.3, -0.25) is 0 Å². The van der Waals surface area contributed by atoms with E-state index in [9.17, 15) is 8.42 Å². The van der Waals surface area contributed by atoms with Crippen molar-refractivity contribution < 1.29 is 17.9 Å². The van der Waals surface area contributed by atoms with Crippen molar-refractivity contribution in [3.8, 4) is 5.88 Å². The number of pyridine rings is 1. The lowest BCUT2D eigenvalue weighted by atomic mass is 10.2. The zero-order valence-electron chi connectivity index (χ0n) is 20.5. The smallest absolute Gasteiger partial charge is 0.240 e. The topological polar surface area (TPSA) is 82.5 Å². The molecule has 0 radical (unpaired) electrons. The van der Waals surface area contributed by atoms with Gasteiger partial charge in [-0.1, -0.05) is 37.3 Å². The van der Waals surface area contributed by atoms with Gasteiger partial charge in [0.25, 0.3) is 0 Å². The number of halogens is 1. The summed E-state index contributed by atoms with van der Waals surface area (Å²) in [4.78, 5) is 4.96. The van der Waals surface area contributed by atoms with Crippen molar-refractivity contribution in [3.05, 3.63) is 52.6 Å². The van der Waals surface area contributed by atoms with Gasteiger partial charge in [0.1, 0.15) is 12.4 Å². The van der Waals surface area contributed by atoms with E-state index >= 15 is 0 Å². The van der Waals surface area contributed by atoms with E-state index in [1.54, 1.807) is 24.3 Å². The summed E-state index contributed by atoms with van der Waals surface area (Å²) in [6.07, 6.45) is 2.22. The normalized spacial score (nSPS) is 13.4. The van der Waals surface area contributed by atoms with Crippen molar-refractivity contribution in [2.24, 2.45) is 0 Å². The van der Waals surface area contributed by atoms with Gasteiger partial charge in [-0.2, -0.15) is 4.98 Å². The van der Waals surface area contributed by atoms with Gasteiger partial charge >= 0.3 is 0 Å². The van der Waals surface area contributed by atoms with Gasteiger partial charge in [0.15, 0.2) is 0 Å². The summed E-state index contributed by atoms with van der Waals surface area (Å²) < 4.78 is 42.2. The molecule has 2 heterocycles. The van der Waals surface area contributed by atoms with E-state index in [-0.39, 0.29) is 17.5 Å². The molecule has 0 aliphatic rings. The number of hydrogen-bond donors (Lipinski definition) is 1. The highest BCUT2D eigenvalue weighted by Gasteiger charge is 2.17. The summed E-state index contributed by atoms with van der Waals surface area (Å²) in [5.41, 5.74) is 1.80. The predicted molar refractivity (Wildman–Crippen MR) is 143 cm³/mol. The number of aromatic nitrogens is 2. The second kappa shape index (κ2) is 11.3. The van der Waals surface area contributed by atoms with Crippen molar-refractivity contribution in [2.75, 3.05) is 13.2 Å². The maximum absolute atomic E-state index is 12.5. The Morgan fingerprint density at radius 3 is 2.56 bits per heavy atom. The van der Waals surface area contributed by atoms with E-state index in [1.807, 2.05) is 36.7 Å². The molecule has 186 valence electrons. The van der Waals surface area contributed by atoms with Crippen molar-refractivity contribution in [1.82, 2.24) is 14.3 Å². The zero-order valence-corrected chi connectivity index (χ0v) is 23.9. The molecule has 10 heteroatoms. The molecule has 3 rings (SSSR count). The second-order valence-corrected chi connectivity index (χ2v) is 18.0. The minimum absolute atomic E-state index is 0.238. The molecule has 1 atom stereocenters. The molecule has 1 unspecified atom stereocenters. The van der Waals surface area contributed by atoms with Crippen molar-refractivity contribution in [3.63, 3.8) is 0 Å². The molecular formula is C24H34BrN3O4SSi. The lowest BCUT2D eigenvalue weighted by Gasteiger charge is -2.17. The number of ether oxygens (including phenoxy) is 2. The van der Waals surface area contributed by atoms with Crippen molar-refractivity contribution in [1.29, 1.82) is 0 Å². The number of hydrogen-bond acceptors (Lipinski definition) is 5. The van der Waals surface area contributed by atoms with Gasteiger partial charge < -0.3 is 14.0 Å². The molecule has 3 aromatic rings. The number of rotatable bonds is 12. The largest absolute Gasteiger partial charge is 0.474 e. The molecule has 7 nitrogen and oxygen atoms in total. The van der Waals surface area contributed by atoms with E-state index < -0.39 is 18.1 Å². The molecule has 2 aromatic heterocycles. The first kappa shape index (κ1) is 26.9. The summed E-state index contributed by atoms with van der Waals surface area (Å²) in [5, 5.41) is 0.992. The molecule has 1 N–H and O–H groups in total. The number of sulfonamides is 1. The maximum Gasteiger partial charge on any atom is 0.240 e. The number of benzene rings is 1. The maximum atomic E-state index is 12.5. The van der Waals surface area contributed by atoms with Crippen LogP contribution < -0.4 is 9.46 Å². The van der Waals surface area contributed by atoms with E-state index in [1.165, 1.54) is 0 Å². The Balaban J connectivity index is 1.58. The minimum atomic E-state index is -3.55. The summed E-state index contributed by atoms with van der Waals surface area (Å²) >= 11 is 3.54. The first-order valence-corrected chi connectivity index (χ1v) is 17.4. The van der Waals surface area contributed by atoms with Gasteiger partial charge in [-0.05, 0) is 66.5 Å². The Bertz CT molecular complexity index is 1210. The number of aryl methyl sites for hydroxylation is 1. The SMILES string of the molecule is Cc1ccc(S(=O)(=O)NCCC(C)Oc2nc3c(ccn3COCC[Si](C)(C)C)cc2Br)cc1. The third-order valence-corrected chi connectivity index (χ3v) is 9.12. The first-order valence-electron chi connectivity index (χ1n) is 11.4. The Labute approximate surface area is 212 Å². The van der Waals surface area contributed by atoms with Crippen LogP contribution in [0, 0.1) is 6.92 Å². The Hall–Kier alpha value is -1.72. The van der Waals surface area contributed by atoms with E-state index in [2.05, 4.69) is 40.3 Å². The van der Waals surface area contributed by atoms with Crippen LogP contribution in [0.1, 0.15) is 18.9 Å². The molecule has 0 aliphatic carbocycles. The molecule has 34 heavy (non-hydrogen) atoms. The Morgan fingerprint density at radius 1 is 1.18 bits per heavy atom. The number of fused-ring (bicyclic) bond motifs is 1. The van der Waals surface area contributed by atoms with Gasteiger partial charge in [0.2, 0.25) is 15.9 Å². The van der Waals surface area contributed by atoms with Crippen LogP contribution in [-0.4, -0.2) is 45.3 Å². The van der Waals surface area contributed by atoms with Crippen LogP contribution in [0.5, 0.6) is 5.88 Å². The van der Waals surface area contributed by atoms with Crippen LogP contribution in [0.4, 0.5) is 0 Å². The molecule has 0 saturated heterocycles. The second-order valence-electron chi connectivity index (χ2n) is 9.75. The van der Waals surface area contributed by atoms with Crippen molar-refractivity contribution in [2.45, 2.75) is 63.7 Å². The fourth-order valence-corrected chi connectivity index (χ4v) is 5.48. The average molecular weight is 569 g/mol. The van der Waals surface area contributed by atoms with Crippen molar-refractivity contribution >= 4 is 45.1 Å². The third-order valence-electron chi connectivity index (χ3n) is 5.37. The van der Waals surface area contributed by atoms with Gasteiger partial charge in [0, 0.05) is 32.8 Å². The van der Waals surface area contributed by atoms with Gasteiger partial charge in [0.05, 0.1) is 15.5 Å². The molecule has 1 aromatic carbocycles. The average Bonchev–Trinajstić information content (AvgIpc) is 3.12. The standard InChI is InChI=1S/C24H34BrN3O4SSi/c1-18-6-8-21(9-7-18)33(29,30)26-12-10-19(2)32-24-22(25)16-20-11-13-28(23(20)27-24)17-31-14-15-34(3,4)5/h6-9,11,13,16,19,26H,10,12,14-15,17H2,1-5H3. The van der Waals surface area contributed by atoms with Crippen LogP contribution in [0.25, 0.3) is 11.0 Å². The third kappa shape index (κ3) is 7.64. The van der Waals surface area contributed by atoms with Gasteiger partial charge in [-0.15, -0.1) is 0 Å². The zero-order chi connectivity index (χ0) is 24.9. The highest BCUT2D eigenvalue weighted by molar-refractivity contribution is 9.10. The van der Waals surface area contributed by atoms with E-state index in [4.69, 9.17) is 14.5 Å². The fourth-order valence-electron chi connectivity index (χ4n) is 3.25. The van der Waals surface area contributed by atoms with Crippen LogP contribution in [0.3, 0.4) is 0 Å². The molecule has 0 fully saturated rings. The summed E-state index contributed by atoms with van der Waals surface area (Å²) in [6, 6.07) is 11.9. The van der Waals surface area contributed by atoms with E-state index in [0.29, 0.717) is 19.0 Å². The lowest BCUT2D eigenvalue weighted by Crippen LogP contribution is -2.28. The molecular weight excluding hydrogens is 534 g/mol. The number of nitrogens with zero attached hydrogens (tertiary/aromatic N) is 2. The highest BCUT2D eigenvalue weighted by Crippen LogP contribution is 2.29. The minimum Gasteiger partial charge on any atom is -0.474 e. The van der Waals surface area contributed by atoms with Gasteiger partial charge in [-0.25, -0.2) is 13.1 Å². The fraction of sp³-hybridized carbons (Fsp3) is 0.458. The summed E-state index contributed by atoms with van der Waals surface area (Å²) in [6.45, 7) is 12.3. The summed E-state index contributed by atoms with van der Waals surface area (Å²) in [5.74, 6) is 0.475. The first-order chi connectivity index (χ1) is 15.9. The monoisotopic (exact) mass is 567 g/mol. The molecule has 0 spiro atoms.